The predicted molar refractivity (Wildman–Crippen MR) is 92.6 cm³/mol. The molecule has 0 N–H and O–H groups in total. The zero-order valence-electron chi connectivity index (χ0n) is 13.7. The number of carbonyl (C=O) groups excluding carboxylic acids is 1. The van der Waals surface area contributed by atoms with Crippen LogP contribution in [0.4, 0.5) is 5.69 Å². The molecule has 1 aromatic carbocycles. The van der Waals surface area contributed by atoms with E-state index in [1.807, 2.05) is 6.92 Å². The number of nitro groups is 1. The van der Waals surface area contributed by atoms with Crippen LogP contribution in [0.5, 0.6) is 0 Å². The van der Waals surface area contributed by atoms with Crippen LogP contribution in [0.15, 0.2) is 23.6 Å². The van der Waals surface area contributed by atoms with Crippen LogP contribution in [0, 0.1) is 24.0 Å². The molecule has 24 heavy (non-hydrogen) atoms. The average Bonchev–Trinajstić information content (AvgIpc) is 3.01. The second-order valence-corrected chi connectivity index (χ2v) is 7.04. The summed E-state index contributed by atoms with van der Waals surface area (Å²) >= 11 is 1.68. The van der Waals surface area contributed by atoms with Gasteiger partial charge < -0.3 is 4.90 Å². The minimum Gasteiger partial charge on any atom is -0.339 e. The molecule has 0 saturated carbocycles. The van der Waals surface area contributed by atoms with E-state index in [1.165, 1.54) is 6.07 Å². The third kappa shape index (κ3) is 3.31. The van der Waals surface area contributed by atoms with E-state index in [2.05, 4.69) is 10.4 Å². The quantitative estimate of drug-likeness (QED) is 0.628. The highest BCUT2D eigenvalue weighted by molar-refractivity contribution is 7.09. The maximum atomic E-state index is 12.6. The summed E-state index contributed by atoms with van der Waals surface area (Å²) in [4.78, 5) is 29.6. The van der Waals surface area contributed by atoms with Crippen molar-refractivity contribution in [3.8, 4) is 0 Å². The van der Waals surface area contributed by atoms with Gasteiger partial charge in [-0.3, -0.25) is 14.9 Å². The molecule has 3 rings (SSSR count). The number of piperidine rings is 1. The second-order valence-electron chi connectivity index (χ2n) is 6.15. The van der Waals surface area contributed by atoms with Gasteiger partial charge in [0.05, 0.1) is 9.93 Å². The Morgan fingerprint density at radius 3 is 2.62 bits per heavy atom. The van der Waals surface area contributed by atoms with Crippen molar-refractivity contribution < 1.29 is 9.72 Å². The van der Waals surface area contributed by atoms with Crippen molar-refractivity contribution in [2.24, 2.45) is 0 Å². The summed E-state index contributed by atoms with van der Waals surface area (Å²) in [6.07, 6.45) is 1.76. The number of hydrogen-bond donors (Lipinski definition) is 0. The van der Waals surface area contributed by atoms with Crippen molar-refractivity contribution >= 4 is 22.9 Å². The van der Waals surface area contributed by atoms with E-state index in [0.29, 0.717) is 30.1 Å². The molecular formula is C17H19N3O3S. The van der Waals surface area contributed by atoms with Gasteiger partial charge in [-0.25, -0.2) is 4.98 Å². The Morgan fingerprint density at radius 2 is 2.04 bits per heavy atom. The number of aromatic nitrogens is 1. The van der Waals surface area contributed by atoms with Crippen molar-refractivity contribution in [2.75, 3.05) is 13.1 Å². The van der Waals surface area contributed by atoms with Gasteiger partial charge in [-0.05, 0) is 32.8 Å². The van der Waals surface area contributed by atoms with Crippen molar-refractivity contribution in [2.45, 2.75) is 32.6 Å². The van der Waals surface area contributed by atoms with Crippen LogP contribution in [0.3, 0.4) is 0 Å². The van der Waals surface area contributed by atoms with E-state index in [1.54, 1.807) is 35.3 Å². The Labute approximate surface area is 144 Å². The number of nitrogens with zero attached hydrogens (tertiary/aromatic N) is 3. The van der Waals surface area contributed by atoms with Crippen molar-refractivity contribution in [3.63, 3.8) is 0 Å². The topological polar surface area (TPSA) is 76.3 Å². The average molecular weight is 345 g/mol. The van der Waals surface area contributed by atoms with Crippen molar-refractivity contribution in [1.82, 2.24) is 9.88 Å². The third-order valence-electron chi connectivity index (χ3n) is 4.42. The summed E-state index contributed by atoms with van der Waals surface area (Å²) in [5, 5.41) is 14.2. The lowest BCUT2D eigenvalue weighted by molar-refractivity contribution is -0.385. The molecule has 1 amide bonds. The smallest absolute Gasteiger partial charge is 0.273 e. The maximum absolute atomic E-state index is 12.6. The second kappa shape index (κ2) is 6.68. The molecule has 1 fully saturated rings. The van der Waals surface area contributed by atoms with Gasteiger partial charge in [-0.15, -0.1) is 11.3 Å². The van der Waals surface area contributed by atoms with E-state index < -0.39 is 4.92 Å². The molecule has 0 aliphatic carbocycles. The lowest BCUT2D eigenvalue weighted by Crippen LogP contribution is -2.37. The van der Waals surface area contributed by atoms with E-state index in [-0.39, 0.29) is 11.6 Å². The Morgan fingerprint density at radius 1 is 1.33 bits per heavy atom. The van der Waals surface area contributed by atoms with Gasteiger partial charge in [0.2, 0.25) is 0 Å². The van der Waals surface area contributed by atoms with Crippen LogP contribution in [0.25, 0.3) is 0 Å². The standard InChI is InChI=1S/C17H19N3O3S/c1-11-3-4-14(9-15(11)20(22)23)17(21)19-7-5-13(6-8-19)16-18-12(2)10-24-16/h3-4,9-10,13H,5-8H2,1-2H3. The molecule has 2 aromatic rings. The van der Waals surface area contributed by atoms with Gasteiger partial charge in [0.1, 0.15) is 0 Å². The van der Waals surface area contributed by atoms with E-state index >= 15 is 0 Å². The zero-order chi connectivity index (χ0) is 17.3. The SMILES string of the molecule is Cc1csc(C2CCN(C(=O)c3ccc(C)c([N+](=O)[O-])c3)CC2)n1. The van der Waals surface area contributed by atoms with Gasteiger partial charge in [-0.1, -0.05) is 6.07 Å². The van der Waals surface area contributed by atoms with Crippen LogP contribution < -0.4 is 0 Å². The number of rotatable bonds is 3. The fourth-order valence-electron chi connectivity index (χ4n) is 3.01. The molecule has 0 spiro atoms. The Kier molecular flexibility index (Phi) is 4.62. The minimum absolute atomic E-state index is 0.00556. The van der Waals surface area contributed by atoms with Crippen LogP contribution >= 0.6 is 11.3 Å². The number of carbonyl (C=O) groups is 1. The van der Waals surface area contributed by atoms with Crippen LogP contribution in [0.2, 0.25) is 0 Å². The molecule has 0 bridgehead atoms. The number of thiazole rings is 1. The zero-order valence-corrected chi connectivity index (χ0v) is 14.5. The molecule has 1 aliphatic heterocycles. The number of nitro benzene ring substituents is 1. The summed E-state index contributed by atoms with van der Waals surface area (Å²) < 4.78 is 0. The van der Waals surface area contributed by atoms with Crippen LogP contribution in [-0.2, 0) is 0 Å². The Balaban J connectivity index is 1.69. The summed E-state index contributed by atoms with van der Waals surface area (Å²) in [6, 6.07) is 4.69. The first-order valence-corrected chi connectivity index (χ1v) is 8.80. The van der Waals surface area contributed by atoms with Crippen LogP contribution in [0.1, 0.15) is 45.4 Å². The molecule has 7 heteroatoms. The Hall–Kier alpha value is -2.28. The van der Waals surface area contributed by atoms with Gasteiger partial charge >= 0.3 is 0 Å². The highest BCUT2D eigenvalue weighted by Gasteiger charge is 2.27. The van der Waals surface area contributed by atoms with E-state index in [0.717, 1.165) is 23.5 Å². The summed E-state index contributed by atoms with van der Waals surface area (Å²) in [5.41, 5.74) is 1.99. The summed E-state index contributed by atoms with van der Waals surface area (Å²) in [5.74, 6) is 0.270. The highest BCUT2D eigenvalue weighted by Crippen LogP contribution is 2.31. The highest BCUT2D eigenvalue weighted by atomic mass is 32.1. The molecule has 2 heterocycles. The van der Waals surface area contributed by atoms with E-state index in [9.17, 15) is 14.9 Å². The van der Waals surface area contributed by atoms with Crippen molar-refractivity contribution in [1.29, 1.82) is 0 Å². The number of benzene rings is 1. The first-order valence-electron chi connectivity index (χ1n) is 7.92. The van der Waals surface area contributed by atoms with Gasteiger partial charge in [0.15, 0.2) is 0 Å². The lowest BCUT2D eigenvalue weighted by Gasteiger charge is -2.31. The Bertz CT molecular complexity index is 779. The molecule has 0 atom stereocenters. The summed E-state index contributed by atoms with van der Waals surface area (Å²) in [7, 11) is 0. The molecule has 126 valence electrons. The fraction of sp³-hybridized carbons (Fsp3) is 0.412. The number of aryl methyl sites for hydroxylation is 2. The molecular weight excluding hydrogens is 326 g/mol. The van der Waals surface area contributed by atoms with Gasteiger partial charge in [0.25, 0.3) is 11.6 Å². The third-order valence-corrected chi connectivity index (χ3v) is 5.55. The maximum Gasteiger partial charge on any atom is 0.273 e. The largest absolute Gasteiger partial charge is 0.339 e. The predicted octanol–water partition coefficient (Wildman–Crippen LogP) is 3.69. The minimum atomic E-state index is -0.441. The normalized spacial score (nSPS) is 15.5. The number of hydrogen-bond acceptors (Lipinski definition) is 5. The molecule has 1 saturated heterocycles. The molecule has 6 nitrogen and oxygen atoms in total. The van der Waals surface area contributed by atoms with Gasteiger partial charge in [0, 0.05) is 47.3 Å². The van der Waals surface area contributed by atoms with Crippen molar-refractivity contribution in [3.05, 3.63) is 55.5 Å². The van der Waals surface area contributed by atoms with E-state index in [4.69, 9.17) is 0 Å². The lowest BCUT2D eigenvalue weighted by atomic mass is 9.97. The fourth-order valence-corrected chi connectivity index (χ4v) is 3.98. The van der Waals surface area contributed by atoms with Gasteiger partial charge in [-0.2, -0.15) is 0 Å². The first-order chi connectivity index (χ1) is 11.5. The first kappa shape index (κ1) is 16.6. The summed E-state index contributed by atoms with van der Waals surface area (Å²) in [6.45, 7) is 4.98. The number of likely N-dealkylation sites (tertiary alicyclic amines) is 1. The molecule has 1 aliphatic rings. The molecule has 1 aromatic heterocycles. The number of amides is 1. The monoisotopic (exact) mass is 345 g/mol. The molecule has 0 unspecified atom stereocenters. The molecule has 0 radical (unpaired) electrons. The van der Waals surface area contributed by atoms with Crippen LogP contribution in [-0.4, -0.2) is 33.8 Å².